The minimum absolute atomic E-state index is 0.217. The van der Waals surface area contributed by atoms with Crippen LogP contribution < -0.4 is 10.2 Å². The molecule has 1 fully saturated rings. The monoisotopic (exact) mass is 322 g/mol. The molecule has 2 N–H and O–H groups in total. The van der Waals surface area contributed by atoms with E-state index in [1.165, 1.54) is 50.1 Å². The van der Waals surface area contributed by atoms with Crippen molar-refractivity contribution in [3.8, 4) is 0 Å². The smallest absolute Gasteiger partial charge is 0.401 e. The van der Waals surface area contributed by atoms with E-state index in [2.05, 4.69) is 12.2 Å². The summed E-state index contributed by atoms with van der Waals surface area (Å²) in [5, 5.41) is 13.3. The molecule has 0 aliphatic carbocycles. The van der Waals surface area contributed by atoms with Crippen LogP contribution in [0.15, 0.2) is 22.6 Å². The van der Waals surface area contributed by atoms with Crippen molar-refractivity contribution < 1.29 is 19.0 Å². The average Bonchev–Trinajstić information content (AvgIpc) is 3.00. The second-order valence-corrected chi connectivity index (χ2v) is 5.97. The summed E-state index contributed by atoms with van der Waals surface area (Å²) >= 11 is 0. The number of piperidine rings is 1. The summed E-state index contributed by atoms with van der Waals surface area (Å²) in [7, 11) is 0. The number of quaternary nitrogens is 1. The van der Waals surface area contributed by atoms with E-state index in [4.69, 9.17) is 4.42 Å². The van der Waals surface area contributed by atoms with Gasteiger partial charge in [0.05, 0.1) is 25.2 Å². The molecule has 2 heterocycles. The number of nitrogens with zero attached hydrogens (tertiary/aromatic N) is 1. The van der Waals surface area contributed by atoms with E-state index < -0.39 is 4.92 Å². The first-order chi connectivity index (χ1) is 11.1. The van der Waals surface area contributed by atoms with Gasteiger partial charge in [-0.05, 0) is 38.3 Å². The van der Waals surface area contributed by atoms with Gasteiger partial charge in [0.2, 0.25) is 5.91 Å². The van der Waals surface area contributed by atoms with Crippen LogP contribution in [-0.2, 0) is 4.79 Å². The second kappa shape index (κ2) is 8.47. The molecule has 1 aliphatic heterocycles. The Balaban J connectivity index is 1.66. The summed E-state index contributed by atoms with van der Waals surface area (Å²) in [6, 6.07) is 3.44. The second-order valence-electron chi connectivity index (χ2n) is 5.97. The Morgan fingerprint density at radius 2 is 2.35 bits per heavy atom. The van der Waals surface area contributed by atoms with E-state index in [1.807, 2.05) is 0 Å². The van der Waals surface area contributed by atoms with Crippen LogP contribution >= 0.6 is 0 Å². The highest BCUT2D eigenvalue weighted by Gasteiger charge is 2.20. The summed E-state index contributed by atoms with van der Waals surface area (Å²) in [5.41, 5.74) is 0. The standard InChI is InChI=1S/C16H23N3O4/c1-13-5-2-3-11-18(13)12-4-10-17-15(20)8-6-14-7-9-16(23-14)19(21)22/h6-9,13H,2-5,10-12H2,1H3,(H,17,20)/p+1/b8-6+/t13-/m1/s1. The molecule has 1 aliphatic rings. The lowest BCUT2D eigenvalue weighted by atomic mass is 10.0. The van der Waals surface area contributed by atoms with Gasteiger partial charge in [0, 0.05) is 19.0 Å². The van der Waals surface area contributed by atoms with Crippen LogP contribution in [0.25, 0.3) is 6.08 Å². The third-order valence-corrected chi connectivity index (χ3v) is 4.25. The zero-order valence-electron chi connectivity index (χ0n) is 13.4. The third-order valence-electron chi connectivity index (χ3n) is 4.25. The molecule has 0 radical (unpaired) electrons. The van der Waals surface area contributed by atoms with Gasteiger partial charge in [0.1, 0.15) is 10.7 Å². The maximum absolute atomic E-state index is 11.7. The molecule has 2 atom stereocenters. The Kier molecular flexibility index (Phi) is 6.34. The van der Waals surface area contributed by atoms with Gasteiger partial charge in [-0.3, -0.25) is 14.9 Å². The highest BCUT2D eigenvalue weighted by molar-refractivity contribution is 5.91. The number of likely N-dealkylation sites (tertiary alicyclic amines) is 1. The summed E-state index contributed by atoms with van der Waals surface area (Å²) < 4.78 is 4.94. The Morgan fingerprint density at radius 3 is 3.04 bits per heavy atom. The molecule has 1 saturated heterocycles. The van der Waals surface area contributed by atoms with Crippen molar-refractivity contribution in [2.75, 3.05) is 19.6 Å². The summed E-state index contributed by atoms with van der Waals surface area (Å²) in [6.45, 7) is 5.23. The molecule has 0 bridgehead atoms. The van der Waals surface area contributed by atoms with Crippen LogP contribution in [-0.4, -0.2) is 36.5 Å². The van der Waals surface area contributed by atoms with Gasteiger partial charge in [0.15, 0.2) is 0 Å². The van der Waals surface area contributed by atoms with E-state index in [9.17, 15) is 14.9 Å². The Labute approximate surface area is 135 Å². The fourth-order valence-electron chi connectivity index (χ4n) is 2.90. The van der Waals surface area contributed by atoms with Crippen LogP contribution in [0.4, 0.5) is 5.88 Å². The molecule has 126 valence electrons. The highest BCUT2D eigenvalue weighted by Crippen LogP contribution is 2.16. The van der Waals surface area contributed by atoms with Crippen molar-refractivity contribution in [3.05, 3.63) is 34.1 Å². The largest absolute Gasteiger partial charge is 0.433 e. The Hall–Kier alpha value is -2.15. The number of carbonyl (C=O) groups excluding carboxylic acids is 1. The van der Waals surface area contributed by atoms with Crippen LogP contribution in [0.5, 0.6) is 0 Å². The van der Waals surface area contributed by atoms with Crippen LogP contribution in [0.2, 0.25) is 0 Å². The molecular weight excluding hydrogens is 298 g/mol. The number of furan rings is 1. The van der Waals surface area contributed by atoms with Crippen molar-refractivity contribution in [3.63, 3.8) is 0 Å². The van der Waals surface area contributed by atoms with Gasteiger partial charge in [-0.25, -0.2) is 0 Å². The first kappa shape index (κ1) is 17.2. The van der Waals surface area contributed by atoms with E-state index >= 15 is 0 Å². The molecular formula is C16H24N3O4+. The molecule has 7 heteroatoms. The topological polar surface area (TPSA) is 89.8 Å². The molecule has 2 rings (SSSR count). The zero-order valence-corrected chi connectivity index (χ0v) is 13.4. The van der Waals surface area contributed by atoms with Gasteiger partial charge in [-0.15, -0.1) is 0 Å². The average molecular weight is 322 g/mol. The first-order valence-electron chi connectivity index (χ1n) is 8.11. The summed E-state index contributed by atoms with van der Waals surface area (Å²) in [6.07, 6.45) is 7.63. The number of rotatable bonds is 7. The van der Waals surface area contributed by atoms with Crippen LogP contribution in [0.1, 0.15) is 38.4 Å². The van der Waals surface area contributed by atoms with E-state index in [0.717, 1.165) is 13.0 Å². The fraction of sp³-hybridized carbons (Fsp3) is 0.562. The van der Waals surface area contributed by atoms with Crippen molar-refractivity contribution in [2.45, 2.75) is 38.6 Å². The Bertz CT molecular complexity index is 567. The van der Waals surface area contributed by atoms with Crippen LogP contribution in [0, 0.1) is 10.1 Å². The fourth-order valence-corrected chi connectivity index (χ4v) is 2.90. The van der Waals surface area contributed by atoms with Crippen molar-refractivity contribution >= 4 is 17.9 Å². The van der Waals surface area contributed by atoms with Gasteiger partial charge in [-0.1, -0.05) is 0 Å². The summed E-state index contributed by atoms with van der Waals surface area (Å²) in [5.74, 6) is -0.257. The van der Waals surface area contributed by atoms with E-state index in [0.29, 0.717) is 18.3 Å². The SMILES string of the molecule is C[C@@H]1CCCC[NH+]1CCCNC(=O)/C=C/c1ccc([N+](=O)[O-])o1. The minimum atomic E-state index is -0.610. The molecule has 1 aromatic rings. The molecule has 1 aromatic heterocycles. The van der Waals surface area contributed by atoms with Crippen molar-refractivity contribution in [2.24, 2.45) is 0 Å². The lowest BCUT2D eigenvalue weighted by molar-refractivity contribution is -0.928. The molecule has 7 nitrogen and oxygen atoms in total. The highest BCUT2D eigenvalue weighted by atomic mass is 16.6. The third kappa shape index (κ3) is 5.52. The minimum Gasteiger partial charge on any atom is -0.401 e. The van der Waals surface area contributed by atoms with E-state index in [-0.39, 0.29) is 11.8 Å². The zero-order chi connectivity index (χ0) is 16.7. The maximum atomic E-state index is 11.7. The van der Waals surface area contributed by atoms with Crippen molar-refractivity contribution in [1.29, 1.82) is 0 Å². The maximum Gasteiger partial charge on any atom is 0.433 e. The van der Waals surface area contributed by atoms with Gasteiger partial charge in [-0.2, -0.15) is 0 Å². The predicted molar refractivity (Wildman–Crippen MR) is 86.0 cm³/mol. The molecule has 0 aromatic carbocycles. The van der Waals surface area contributed by atoms with Gasteiger partial charge in [0.25, 0.3) is 0 Å². The number of hydrogen-bond donors (Lipinski definition) is 2. The molecule has 1 unspecified atom stereocenters. The molecule has 0 saturated carbocycles. The summed E-state index contributed by atoms with van der Waals surface area (Å²) in [4.78, 5) is 23.2. The Morgan fingerprint density at radius 1 is 1.52 bits per heavy atom. The first-order valence-corrected chi connectivity index (χ1v) is 8.11. The lowest BCUT2D eigenvalue weighted by Crippen LogP contribution is -3.16. The van der Waals surface area contributed by atoms with E-state index in [1.54, 1.807) is 4.90 Å². The molecule has 0 spiro atoms. The van der Waals surface area contributed by atoms with Gasteiger partial charge < -0.3 is 14.6 Å². The number of hydrogen-bond acceptors (Lipinski definition) is 4. The van der Waals surface area contributed by atoms with Crippen molar-refractivity contribution in [1.82, 2.24) is 5.32 Å². The molecule has 23 heavy (non-hydrogen) atoms. The predicted octanol–water partition coefficient (Wildman–Crippen LogP) is 1.16. The number of nitrogens with one attached hydrogen (secondary N) is 2. The molecule has 1 amide bonds. The quantitative estimate of drug-likeness (QED) is 0.341. The van der Waals surface area contributed by atoms with Crippen LogP contribution in [0.3, 0.4) is 0 Å². The number of amides is 1. The normalized spacial score (nSPS) is 21.4. The number of nitro groups is 1. The number of carbonyl (C=O) groups is 1. The lowest BCUT2D eigenvalue weighted by Gasteiger charge is -2.30. The van der Waals surface area contributed by atoms with Gasteiger partial charge >= 0.3 is 5.88 Å².